The van der Waals surface area contributed by atoms with E-state index >= 15 is 0 Å². The van der Waals surface area contributed by atoms with Crippen LogP contribution in [0.2, 0.25) is 0 Å². The number of allylic oxidation sites excluding steroid dienone is 12. The first-order valence-electron chi connectivity index (χ1n) is 19.3. The zero-order valence-corrected chi connectivity index (χ0v) is 32.2. The molecule has 0 aromatic carbocycles. The summed E-state index contributed by atoms with van der Waals surface area (Å²) in [6.45, 7) is 3.46. The van der Waals surface area contributed by atoms with Crippen molar-refractivity contribution in [3.8, 4) is 0 Å². The molecule has 0 fully saturated rings. The van der Waals surface area contributed by atoms with Gasteiger partial charge in [-0.3, -0.25) is 14.1 Å². The smallest absolute Gasteiger partial charge is 0.462 e. The fourth-order valence-electron chi connectivity index (χ4n) is 4.96. The molecule has 50 heavy (non-hydrogen) atoms. The highest BCUT2D eigenvalue weighted by molar-refractivity contribution is 7.46. The number of rotatable bonds is 34. The van der Waals surface area contributed by atoms with Crippen molar-refractivity contribution < 1.29 is 37.9 Å². The Hall–Kier alpha value is -2.51. The van der Waals surface area contributed by atoms with Gasteiger partial charge < -0.3 is 19.3 Å². The molecule has 0 aliphatic carbocycles. The third kappa shape index (κ3) is 38.3. The number of phosphoric acid groups is 1. The minimum absolute atomic E-state index is 0.162. The van der Waals surface area contributed by atoms with E-state index in [9.17, 15) is 14.2 Å². The Morgan fingerprint density at radius 3 is 1.48 bits per heavy atom. The first-order chi connectivity index (χ1) is 24.3. The summed E-state index contributed by atoms with van der Waals surface area (Å²) in [7, 11) is -4.77. The SMILES string of the molecule is CC/C=C/C=C/C=C/C=C/CCCCCC(=O)OC(COC(=O)CCCCCCCCCCCC/C=C/C=C/CCCCC)COP(=O)(O)O. The zero-order chi connectivity index (χ0) is 36.8. The number of hydrogen-bond donors (Lipinski definition) is 2. The van der Waals surface area contributed by atoms with Gasteiger partial charge in [0.05, 0.1) is 6.61 Å². The van der Waals surface area contributed by atoms with Crippen LogP contribution in [0, 0.1) is 0 Å². The topological polar surface area (TPSA) is 119 Å². The maximum atomic E-state index is 12.3. The van der Waals surface area contributed by atoms with Gasteiger partial charge in [-0.1, -0.05) is 157 Å². The molecule has 0 aliphatic heterocycles. The van der Waals surface area contributed by atoms with Crippen LogP contribution in [0.4, 0.5) is 0 Å². The minimum Gasteiger partial charge on any atom is -0.462 e. The maximum absolute atomic E-state index is 12.3. The lowest BCUT2D eigenvalue weighted by Crippen LogP contribution is -2.29. The molecule has 0 heterocycles. The Kier molecular flexibility index (Phi) is 34.5. The van der Waals surface area contributed by atoms with Gasteiger partial charge in [0.1, 0.15) is 6.61 Å². The van der Waals surface area contributed by atoms with Crippen molar-refractivity contribution in [3.05, 3.63) is 72.9 Å². The summed E-state index contributed by atoms with van der Waals surface area (Å²) in [5.74, 6) is -0.941. The van der Waals surface area contributed by atoms with Crippen molar-refractivity contribution in [3.63, 3.8) is 0 Å². The highest BCUT2D eigenvalue weighted by atomic mass is 31.2. The largest absolute Gasteiger partial charge is 0.469 e. The molecule has 0 radical (unpaired) electrons. The third-order valence-corrected chi connectivity index (χ3v) is 8.32. The van der Waals surface area contributed by atoms with Gasteiger partial charge in [0.15, 0.2) is 6.10 Å². The molecule has 1 unspecified atom stereocenters. The molecule has 0 aliphatic rings. The molecule has 0 amide bonds. The van der Waals surface area contributed by atoms with Crippen LogP contribution < -0.4 is 0 Å². The van der Waals surface area contributed by atoms with Gasteiger partial charge in [-0.25, -0.2) is 4.57 Å². The average molecular weight is 721 g/mol. The summed E-state index contributed by atoms with van der Waals surface area (Å²) < 4.78 is 26.3. The number of phosphoric ester groups is 1. The fraction of sp³-hybridized carbons (Fsp3) is 0.659. The second kappa shape index (κ2) is 36.3. The quantitative estimate of drug-likeness (QED) is 0.0292. The number of carbonyl (C=O) groups excluding carboxylic acids is 2. The van der Waals surface area contributed by atoms with Crippen molar-refractivity contribution in [2.45, 2.75) is 161 Å². The Morgan fingerprint density at radius 2 is 0.960 bits per heavy atom. The first-order valence-corrected chi connectivity index (χ1v) is 20.8. The normalized spacial score (nSPS) is 13.3. The predicted octanol–water partition coefficient (Wildman–Crippen LogP) is 11.5. The molecule has 2 N–H and O–H groups in total. The van der Waals surface area contributed by atoms with Crippen LogP contribution in [0.5, 0.6) is 0 Å². The molecule has 0 saturated heterocycles. The Bertz CT molecular complexity index is 1040. The summed E-state index contributed by atoms with van der Waals surface area (Å²) in [5.41, 5.74) is 0. The fourth-order valence-corrected chi connectivity index (χ4v) is 5.32. The van der Waals surface area contributed by atoms with Gasteiger partial charge in [0, 0.05) is 12.8 Å². The summed E-state index contributed by atoms with van der Waals surface area (Å²) in [4.78, 5) is 42.7. The van der Waals surface area contributed by atoms with Gasteiger partial charge in [-0.2, -0.15) is 0 Å². The molecule has 0 aromatic rings. The molecule has 0 bridgehead atoms. The first kappa shape index (κ1) is 47.5. The molecule has 0 aromatic heterocycles. The van der Waals surface area contributed by atoms with Gasteiger partial charge in [-0.15, -0.1) is 0 Å². The summed E-state index contributed by atoms with van der Waals surface area (Å²) in [6, 6.07) is 0. The number of unbranched alkanes of at least 4 members (excludes halogenated alkanes) is 16. The van der Waals surface area contributed by atoms with E-state index in [1.807, 2.05) is 36.5 Å². The number of esters is 2. The van der Waals surface area contributed by atoms with Gasteiger partial charge >= 0.3 is 19.8 Å². The van der Waals surface area contributed by atoms with Crippen molar-refractivity contribution in [1.29, 1.82) is 0 Å². The molecular formula is C41H69O8P. The highest BCUT2D eigenvalue weighted by Gasteiger charge is 2.22. The van der Waals surface area contributed by atoms with Gasteiger partial charge in [0.2, 0.25) is 0 Å². The monoisotopic (exact) mass is 720 g/mol. The van der Waals surface area contributed by atoms with Gasteiger partial charge in [-0.05, 0) is 57.8 Å². The van der Waals surface area contributed by atoms with Crippen molar-refractivity contribution >= 4 is 19.8 Å². The second-order valence-electron chi connectivity index (χ2n) is 12.6. The third-order valence-electron chi connectivity index (χ3n) is 7.83. The van der Waals surface area contributed by atoms with E-state index in [0.29, 0.717) is 12.8 Å². The highest BCUT2D eigenvalue weighted by Crippen LogP contribution is 2.36. The standard InChI is InChI=1S/C41H69O8P/c1-3-5-7-9-11-13-15-17-18-19-20-21-22-24-25-27-29-31-33-35-40(42)47-37-39(38-48-50(44,45)46)49-41(43)36-34-32-30-28-26-23-16-14-12-10-8-6-4-2/h6,8,10-17,23,26,39H,3-5,7,9,18-22,24-25,27-38H2,1-2H3,(H2,44,45,46)/b8-6+,12-10+,13-11+,16-14+,17-15+,26-23+. The molecule has 0 rings (SSSR count). The van der Waals surface area contributed by atoms with Crippen molar-refractivity contribution in [1.82, 2.24) is 0 Å². The molecule has 9 heteroatoms. The molecule has 0 saturated carbocycles. The van der Waals surface area contributed by atoms with E-state index in [-0.39, 0.29) is 19.4 Å². The number of carbonyl (C=O) groups is 2. The summed E-state index contributed by atoms with van der Waals surface area (Å²) >= 11 is 0. The van der Waals surface area contributed by atoms with E-state index in [0.717, 1.165) is 51.4 Å². The molecule has 0 spiro atoms. The lowest BCUT2D eigenvalue weighted by Gasteiger charge is -2.18. The van der Waals surface area contributed by atoms with E-state index in [2.05, 4.69) is 54.8 Å². The van der Waals surface area contributed by atoms with E-state index < -0.39 is 32.5 Å². The average Bonchev–Trinajstić information content (AvgIpc) is 3.08. The lowest BCUT2D eigenvalue weighted by atomic mass is 10.1. The van der Waals surface area contributed by atoms with Crippen LogP contribution >= 0.6 is 7.82 Å². The number of hydrogen-bond acceptors (Lipinski definition) is 6. The molecular weight excluding hydrogens is 651 g/mol. The van der Waals surface area contributed by atoms with E-state index in [4.69, 9.17) is 19.3 Å². The van der Waals surface area contributed by atoms with Crippen LogP contribution in [0.15, 0.2) is 72.9 Å². The van der Waals surface area contributed by atoms with E-state index in [1.54, 1.807) is 0 Å². The van der Waals surface area contributed by atoms with Crippen LogP contribution in [0.3, 0.4) is 0 Å². The van der Waals surface area contributed by atoms with Crippen LogP contribution in [0.1, 0.15) is 155 Å². The minimum atomic E-state index is -4.77. The summed E-state index contributed by atoms with van der Waals surface area (Å²) in [5, 5.41) is 0. The Morgan fingerprint density at radius 1 is 0.540 bits per heavy atom. The van der Waals surface area contributed by atoms with Crippen LogP contribution in [-0.2, 0) is 28.2 Å². The Balaban J connectivity index is 3.99. The second-order valence-corrected chi connectivity index (χ2v) is 13.9. The van der Waals surface area contributed by atoms with Crippen LogP contribution in [-0.4, -0.2) is 41.0 Å². The predicted molar refractivity (Wildman–Crippen MR) is 207 cm³/mol. The maximum Gasteiger partial charge on any atom is 0.469 e. The zero-order valence-electron chi connectivity index (χ0n) is 31.3. The summed E-state index contributed by atoms with van der Waals surface area (Å²) in [6.07, 6.45) is 46.2. The molecule has 8 nitrogen and oxygen atoms in total. The van der Waals surface area contributed by atoms with Crippen molar-refractivity contribution in [2.24, 2.45) is 0 Å². The lowest BCUT2D eigenvalue weighted by molar-refractivity contribution is -0.161. The van der Waals surface area contributed by atoms with Crippen molar-refractivity contribution in [2.75, 3.05) is 13.2 Å². The molecule has 286 valence electrons. The van der Waals surface area contributed by atoms with Crippen LogP contribution in [0.25, 0.3) is 0 Å². The number of ether oxygens (including phenoxy) is 2. The van der Waals surface area contributed by atoms with Gasteiger partial charge in [0.25, 0.3) is 0 Å². The molecule has 1 atom stereocenters. The van der Waals surface area contributed by atoms with E-state index in [1.165, 1.54) is 64.2 Å². The Labute approximate surface area is 304 Å².